The number of fused-ring (bicyclic) bond motifs is 1. The second-order valence-electron chi connectivity index (χ2n) is 5.61. The molecule has 1 aromatic rings. The zero-order valence-electron chi connectivity index (χ0n) is 10.9. The number of aliphatic hydroxyl groups excluding tert-OH is 1. The minimum atomic E-state index is 0.0375. The Morgan fingerprint density at radius 2 is 2.06 bits per heavy atom. The molecule has 1 aromatic heterocycles. The average molecular weight is 246 g/mol. The molecule has 0 radical (unpaired) electrons. The highest BCUT2D eigenvalue weighted by Crippen LogP contribution is 2.37. The zero-order valence-corrected chi connectivity index (χ0v) is 10.9. The van der Waals surface area contributed by atoms with Crippen molar-refractivity contribution in [2.24, 2.45) is 5.92 Å². The third-order valence-corrected chi connectivity index (χ3v) is 4.54. The monoisotopic (exact) mass is 246 g/mol. The van der Waals surface area contributed by atoms with Crippen LogP contribution in [-0.2, 0) is 6.61 Å². The van der Waals surface area contributed by atoms with Gasteiger partial charge in [0, 0.05) is 24.5 Å². The van der Waals surface area contributed by atoms with Crippen molar-refractivity contribution in [2.75, 3.05) is 11.4 Å². The predicted molar refractivity (Wildman–Crippen MR) is 72.5 cm³/mol. The van der Waals surface area contributed by atoms with Crippen LogP contribution in [0.1, 0.15) is 44.2 Å². The topological polar surface area (TPSA) is 36.4 Å². The molecule has 2 fully saturated rings. The van der Waals surface area contributed by atoms with Crippen molar-refractivity contribution in [3.8, 4) is 0 Å². The van der Waals surface area contributed by atoms with Gasteiger partial charge in [0.2, 0.25) is 0 Å². The predicted octanol–water partition coefficient (Wildman–Crippen LogP) is 2.73. The Kier molecular flexibility index (Phi) is 3.50. The number of nitrogens with zero attached hydrogens (tertiary/aromatic N) is 2. The Balaban J connectivity index is 1.84. The van der Waals surface area contributed by atoms with E-state index in [2.05, 4.69) is 22.0 Å². The standard InChI is InChI=1S/C15H22N2O/c18-11-13-10-14(7-8-16-13)17-9-3-5-12-4-1-2-6-15(12)17/h7-8,10,12,15,18H,1-6,9,11H2. The van der Waals surface area contributed by atoms with E-state index in [-0.39, 0.29) is 6.61 Å². The van der Waals surface area contributed by atoms with Crippen molar-refractivity contribution in [3.63, 3.8) is 0 Å². The molecule has 18 heavy (non-hydrogen) atoms. The van der Waals surface area contributed by atoms with E-state index in [1.807, 2.05) is 6.20 Å². The second kappa shape index (κ2) is 5.27. The lowest BCUT2D eigenvalue weighted by molar-refractivity contribution is 0.243. The molecule has 2 aliphatic rings. The summed E-state index contributed by atoms with van der Waals surface area (Å²) in [5.41, 5.74) is 2.04. The van der Waals surface area contributed by atoms with E-state index in [1.54, 1.807) is 0 Å². The molecule has 2 heterocycles. The molecule has 2 unspecified atom stereocenters. The average Bonchev–Trinajstić information content (AvgIpc) is 2.47. The number of aromatic nitrogens is 1. The van der Waals surface area contributed by atoms with Crippen molar-refractivity contribution >= 4 is 5.69 Å². The number of rotatable bonds is 2. The Hall–Kier alpha value is -1.09. The van der Waals surface area contributed by atoms with Gasteiger partial charge in [0.05, 0.1) is 12.3 Å². The Morgan fingerprint density at radius 3 is 2.94 bits per heavy atom. The number of hydrogen-bond donors (Lipinski definition) is 1. The van der Waals surface area contributed by atoms with Crippen LogP contribution in [0.2, 0.25) is 0 Å². The molecule has 3 nitrogen and oxygen atoms in total. The fourth-order valence-electron chi connectivity index (χ4n) is 3.68. The summed E-state index contributed by atoms with van der Waals surface area (Å²) in [4.78, 5) is 6.74. The number of aliphatic hydroxyl groups is 1. The van der Waals surface area contributed by atoms with E-state index >= 15 is 0 Å². The third-order valence-electron chi connectivity index (χ3n) is 4.54. The van der Waals surface area contributed by atoms with Gasteiger partial charge in [-0.05, 0) is 43.7 Å². The van der Waals surface area contributed by atoms with Crippen LogP contribution in [0, 0.1) is 5.92 Å². The van der Waals surface area contributed by atoms with Crippen LogP contribution in [0.25, 0.3) is 0 Å². The molecular weight excluding hydrogens is 224 g/mol. The second-order valence-corrected chi connectivity index (χ2v) is 5.61. The zero-order chi connectivity index (χ0) is 12.4. The summed E-state index contributed by atoms with van der Waals surface area (Å²) in [7, 11) is 0. The van der Waals surface area contributed by atoms with E-state index < -0.39 is 0 Å². The molecule has 1 N–H and O–H groups in total. The van der Waals surface area contributed by atoms with Crippen molar-refractivity contribution in [1.82, 2.24) is 4.98 Å². The number of pyridine rings is 1. The van der Waals surface area contributed by atoms with E-state index in [9.17, 15) is 5.11 Å². The van der Waals surface area contributed by atoms with Crippen LogP contribution in [-0.4, -0.2) is 22.7 Å². The summed E-state index contributed by atoms with van der Waals surface area (Å²) < 4.78 is 0. The summed E-state index contributed by atoms with van der Waals surface area (Å²) in [6.45, 7) is 1.20. The van der Waals surface area contributed by atoms with Crippen LogP contribution in [0.3, 0.4) is 0 Å². The summed E-state index contributed by atoms with van der Waals surface area (Å²) in [6, 6.07) is 4.87. The summed E-state index contributed by atoms with van der Waals surface area (Å²) in [5.74, 6) is 0.887. The molecule has 0 bridgehead atoms. The molecule has 98 valence electrons. The minimum Gasteiger partial charge on any atom is -0.390 e. The minimum absolute atomic E-state index is 0.0375. The van der Waals surface area contributed by atoms with E-state index in [4.69, 9.17) is 0 Å². The van der Waals surface area contributed by atoms with Crippen molar-refractivity contribution in [3.05, 3.63) is 24.0 Å². The molecule has 0 aromatic carbocycles. The normalized spacial score (nSPS) is 27.9. The maximum Gasteiger partial charge on any atom is 0.0853 e. The van der Waals surface area contributed by atoms with Crippen molar-refractivity contribution in [2.45, 2.75) is 51.2 Å². The van der Waals surface area contributed by atoms with E-state index in [1.165, 1.54) is 44.2 Å². The molecule has 2 atom stereocenters. The highest BCUT2D eigenvalue weighted by molar-refractivity contribution is 5.48. The van der Waals surface area contributed by atoms with Gasteiger partial charge in [-0.25, -0.2) is 0 Å². The fourth-order valence-corrected chi connectivity index (χ4v) is 3.68. The van der Waals surface area contributed by atoms with Crippen LogP contribution in [0.4, 0.5) is 5.69 Å². The fraction of sp³-hybridized carbons (Fsp3) is 0.667. The maximum atomic E-state index is 9.21. The SMILES string of the molecule is OCc1cc(N2CCCC3CCCCC32)ccn1. The van der Waals surface area contributed by atoms with Gasteiger partial charge in [-0.1, -0.05) is 12.8 Å². The van der Waals surface area contributed by atoms with Crippen LogP contribution < -0.4 is 4.90 Å². The number of piperidine rings is 1. The molecule has 1 saturated heterocycles. The molecule has 3 heteroatoms. The van der Waals surface area contributed by atoms with Crippen LogP contribution in [0.5, 0.6) is 0 Å². The Labute approximate surface area is 109 Å². The van der Waals surface area contributed by atoms with Crippen LogP contribution in [0.15, 0.2) is 18.3 Å². The largest absolute Gasteiger partial charge is 0.390 e. The molecule has 0 spiro atoms. The summed E-state index contributed by atoms with van der Waals surface area (Å²) in [5, 5.41) is 9.21. The third kappa shape index (κ3) is 2.24. The summed E-state index contributed by atoms with van der Waals surface area (Å²) in [6.07, 6.45) is 10.0. The first-order valence-electron chi connectivity index (χ1n) is 7.21. The summed E-state index contributed by atoms with van der Waals surface area (Å²) >= 11 is 0. The number of hydrogen-bond acceptors (Lipinski definition) is 3. The van der Waals surface area contributed by atoms with E-state index in [0.29, 0.717) is 0 Å². The first kappa shape index (κ1) is 12.0. The van der Waals surface area contributed by atoms with Crippen molar-refractivity contribution < 1.29 is 5.11 Å². The quantitative estimate of drug-likeness (QED) is 0.871. The van der Waals surface area contributed by atoms with Gasteiger partial charge in [0.1, 0.15) is 0 Å². The van der Waals surface area contributed by atoms with E-state index in [0.717, 1.165) is 24.2 Å². The lowest BCUT2D eigenvalue weighted by Gasteiger charge is -2.45. The first-order valence-corrected chi connectivity index (χ1v) is 7.21. The van der Waals surface area contributed by atoms with Gasteiger partial charge in [-0.15, -0.1) is 0 Å². The van der Waals surface area contributed by atoms with Crippen LogP contribution >= 0.6 is 0 Å². The maximum absolute atomic E-state index is 9.21. The lowest BCUT2D eigenvalue weighted by atomic mass is 9.78. The lowest BCUT2D eigenvalue weighted by Crippen LogP contribution is -2.46. The van der Waals surface area contributed by atoms with Gasteiger partial charge >= 0.3 is 0 Å². The smallest absolute Gasteiger partial charge is 0.0853 e. The van der Waals surface area contributed by atoms with Gasteiger partial charge < -0.3 is 10.0 Å². The molecule has 1 aliphatic carbocycles. The van der Waals surface area contributed by atoms with Gasteiger partial charge in [-0.2, -0.15) is 0 Å². The molecule has 1 saturated carbocycles. The molecule has 3 rings (SSSR count). The molecular formula is C15H22N2O. The number of anilines is 1. The molecule has 1 aliphatic heterocycles. The Bertz CT molecular complexity index is 405. The van der Waals surface area contributed by atoms with Gasteiger partial charge in [0.25, 0.3) is 0 Å². The Morgan fingerprint density at radius 1 is 1.22 bits per heavy atom. The van der Waals surface area contributed by atoms with Crippen molar-refractivity contribution in [1.29, 1.82) is 0 Å². The van der Waals surface area contributed by atoms with Gasteiger partial charge in [-0.3, -0.25) is 4.98 Å². The van der Waals surface area contributed by atoms with Gasteiger partial charge in [0.15, 0.2) is 0 Å². The first-order chi connectivity index (χ1) is 8.88. The molecule has 0 amide bonds. The highest BCUT2D eigenvalue weighted by Gasteiger charge is 2.33. The highest BCUT2D eigenvalue weighted by atomic mass is 16.3.